The molecule has 1 aromatic rings. The lowest BCUT2D eigenvalue weighted by Gasteiger charge is -2.04. The van der Waals surface area contributed by atoms with E-state index >= 15 is 0 Å². The summed E-state index contributed by atoms with van der Waals surface area (Å²) in [5, 5.41) is 0. The predicted molar refractivity (Wildman–Crippen MR) is 67.7 cm³/mol. The van der Waals surface area contributed by atoms with Crippen LogP contribution in [0.25, 0.3) is 12.2 Å². The quantitative estimate of drug-likeness (QED) is 0.664. The van der Waals surface area contributed by atoms with Gasteiger partial charge < -0.3 is 0 Å². The summed E-state index contributed by atoms with van der Waals surface area (Å²) in [6, 6.07) is 6.80. The molecule has 0 spiro atoms. The van der Waals surface area contributed by atoms with Crippen LogP contribution in [0.1, 0.15) is 37.0 Å². The number of rotatable bonds is 2. The van der Waals surface area contributed by atoms with E-state index in [1.54, 1.807) is 0 Å². The molecule has 1 aliphatic carbocycles. The second kappa shape index (κ2) is 4.48. The van der Waals surface area contributed by atoms with E-state index in [0.717, 1.165) is 0 Å². The second-order valence-corrected chi connectivity index (χ2v) is 4.29. The molecule has 2 rings (SSSR count). The highest BCUT2D eigenvalue weighted by atomic mass is 14.1. The first-order valence-corrected chi connectivity index (χ1v) is 5.79. The third kappa shape index (κ3) is 2.38. The molecule has 0 radical (unpaired) electrons. The predicted octanol–water partition coefficient (Wildman–Crippen LogP) is 4.32. The lowest BCUT2D eigenvalue weighted by Crippen LogP contribution is -1.86. The molecule has 0 heteroatoms. The maximum absolute atomic E-state index is 2.32. The van der Waals surface area contributed by atoms with Crippen molar-refractivity contribution in [3.8, 4) is 0 Å². The van der Waals surface area contributed by atoms with Gasteiger partial charge in [-0.15, -0.1) is 0 Å². The Morgan fingerprint density at radius 2 is 1.80 bits per heavy atom. The molecule has 1 unspecified atom stereocenters. The van der Waals surface area contributed by atoms with E-state index < -0.39 is 0 Å². The van der Waals surface area contributed by atoms with Crippen LogP contribution in [0.3, 0.4) is 0 Å². The van der Waals surface area contributed by atoms with Gasteiger partial charge in [-0.2, -0.15) is 0 Å². The minimum atomic E-state index is 0.548. The molecular weight excluding hydrogens is 180 g/mol. The molecule has 1 aliphatic rings. The average molecular weight is 198 g/mol. The van der Waals surface area contributed by atoms with E-state index in [2.05, 4.69) is 56.4 Å². The first-order chi connectivity index (χ1) is 7.29. The second-order valence-electron chi connectivity index (χ2n) is 4.29. The van der Waals surface area contributed by atoms with Crippen LogP contribution in [0.5, 0.6) is 0 Å². The molecule has 0 aromatic heterocycles. The van der Waals surface area contributed by atoms with Gasteiger partial charge in [0.1, 0.15) is 0 Å². The summed E-state index contributed by atoms with van der Waals surface area (Å²) in [7, 11) is 0. The van der Waals surface area contributed by atoms with Crippen molar-refractivity contribution in [3.63, 3.8) is 0 Å². The van der Waals surface area contributed by atoms with Crippen LogP contribution in [0.2, 0.25) is 0 Å². The van der Waals surface area contributed by atoms with Crippen LogP contribution >= 0.6 is 0 Å². The van der Waals surface area contributed by atoms with Gasteiger partial charge in [-0.3, -0.25) is 0 Å². The Balaban J connectivity index is 2.37. The van der Waals surface area contributed by atoms with E-state index in [-0.39, 0.29) is 0 Å². The number of hydrogen-bond acceptors (Lipinski definition) is 0. The summed E-state index contributed by atoms with van der Waals surface area (Å²) in [5.74, 6) is 0.548. The maximum atomic E-state index is 2.32. The van der Waals surface area contributed by atoms with Crippen molar-refractivity contribution in [3.05, 3.63) is 47.0 Å². The van der Waals surface area contributed by atoms with Gasteiger partial charge in [0.05, 0.1) is 0 Å². The summed E-state index contributed by atoms with van der Waals surface area (Å²) in [6.45, 7) is 4.44. The number of benzene rings is 1. The lowest BCUT2D eigenvalue weighted by atomic mass is 10.0. The van der Waals surface area contributed by atoms with Crippen LogP contribution in [0, 0.1) is 5.92 Å². The van der Waals surface area contributed by atoms with E-state index in [0.29, 0.717) is 5.92 Å². The fourth-order valence-electron chi connectivity index (χ4n) is 1.94. The van der Waals surface area contributed by atoms with Crippen LogP contribution in [-0.2, 0) is 6.42 Å². The first kappa shape index (κ1) is 10.2. The monoisotopic (exact) mass is 198 g/mol. The molecule has 78 valence electrons. The topological polar surface area (TPSA) is 0 Å². The van der Waals surface area contributed by atoms with Gasteiger partial charge in [0, 0.05) is 0 Å². The standard InChI is InChI=1S/C15H18/c1-3-4-13-7-10-14-8-5-12(2)6-9-15(14)11-13/h5-12H,3-4H2,1-2H3. The molecule has 0 saturated heterocycles. The van der Waals surface area contributed by atoms with Crippen molar-refractivity contribution >= 4 is 12.2 Å². The average Bonchev–Trinajstić information content (AvgIpc) is 2.42. The molecule has 0 aliphatic heterocycles. The summed E-state index contributed by atoms with van der Waals surface area (Å²) in [5.41, 5.74) is 4.15. The van der Waals surface area contributed by atoms with Crippen LogP contribution < -0.4 is 0 Å². The Morgan fingerprint density at radius 1 is 1.07 bits per heavy atom. The molecule has 0 N–H and O–H groups in total. The zero-order chi connectivity index (χ0) is 10.7. The smallest absolute Gasteiger partial charge is 0.00752 e. The Morgan fingerprint density at radius 3 is 2.53 bits per heavy atom. The Kier molecular flexibility index (Phi) is 3.05. The highest BCUT2D eigenvalue weighted by molar-refractivity contribution is 5.68. The van der Waals surface area contributed by atoms with Gasteiger partial charge in [0.25, 0.3) is 0 Å². The molecule has 15 heavy (non-hydrogen) atoms. The first-order valence-electron chi connectivity index (χ1n) is 5.79. The molecular formula is C15H18. The minimum absolute atomic E-state index is 0.548. The third-order valence-electron chi connectivity index (χ3n) is 2.85. The van der Waals surface area contributed by atoms with E-state index in [9.17, 15) is 0 Å². The van der Waals surface area contributed by atoms with Crippen LogP contribution in [-0.4, -0.2) is 0 Å². The van der Waals surface area contributed by atoms with Crippen molar-refractivity contribution in [2.24, 2.45) is 5.92 Å². The van der Waals surface area contributed by atoms with Gasteiger partial charge in [-0.05, 0) is 29.0 Å². The molecule has 0 saturated carbocycles. The number of hydrogen-bond donors (Lipinski definition) is 0. The Bertz CT molecular complexity index is 396. The zero-order valence-corrected chi connectivity index (χ0v) is 9.53. The SMILES string of the molecule is CCCc1ccc2c(c1)C=CC(C)C=C2. The maximum Gasteiger partial charge on any atom is -0.00752 e. The minimum Gasteiger partial charge on any atom is -0.0773 e. The van der Waals surface area contributed by atoms with Gasteiger partial charge in [-0.25, -0.2) is 0 Å². The Hall–Kier alpha value is -1.30. The highest BCUT2D eigenvalue weighted by Crippen LogP contribution is 2.21. The zero-order valence-electron chi connectivity index (χ0n) is 9.53. The summed E-state index contributed by atoms with van der Waals surface area (Å²) in [4.78, 5) is 0. The third-order valence-corrected chi connectivity index (χ3v) is 2.85. The van der Waals surface area contributed by atoms with Gasteiger partial charge >= 0.3 is 0 Å². The van der Waals surface area contributed by atoms with Gasteiger partial charge in [0.15, 0.2) is 0 Å². The molecule has 1 aromatic carbocycles. The Labute approximate surface area is 92.3 Å². The highest BCUT2D eigenvalue weighted by Gasteiger charge is 2.03. The fourth-order valence-corrected chi connectivity index (χ4v) is 1.94. The van der Waals surface area contributed by atoms with Crippen molar-refractivity contribution < 1.29 is 0 Å². The molecule has 0 fully saturated rings. The molecule has 0 nitrogen and oxygen atoms in total. The summed E-state index contributed by atoms with van der Waals surface area (Å²) < 4.78 is 0. The molecule has 0 heterocycles. The summed E-state index contributed by atoms with van der Waals surface area (Å²) in [6.07, 6.45) is 11.4. The molecule has 0 amide bonds. The number of allylic oxidation sites excluding steroid dienone is 2. The van der Waals surface area contributed by atoms with Gasteiger partial charge in [0.2, 0.25) is 0 Å². The van der Waals surface area contributed by atoms with Crippen molar-refractivity contribution in [2.75, 3.05) is 0 Å². The van der Waals surface area contributed by atoms with E-state index in [1.165, 1.54) is 29.5 Å². The molecule has 0 bridgehead atoms. The van der Waals surface area contributed by atoms with E-state index in [4.69, 9.17) is 0 Å². The van der Waals surface area contributed by atoms with E-state index in [1.807, 2.05) is 0 Å². The molecule has 1 atom stereocenters. The van der Waals surface area contributed by atoms with Crippen molar-refractivity contribution in [1.82, 2.24) is 0 Å². The fraction of sp³-hybridized carbons (Fsp3) is 0.333. The number of fused-ring (bicyclic) bond motifs is 1. The number of aryl methyl sites for hydroxylation is 1. The summed E-state index contributed by atoms with van der Waals surface area (Å²) >= 11 is 0. The van der Waals surface area contributed by atoms with Crippen molar-refractivity contribution in [1.29, 1.82) is 0 Å². The largest absolute Gasteiger partial charge is 0.0773 e. The van der Waals surface area contributed by atoms with Crippen LogP contribution in [0.15, 0.2) is 30.4 Å². The lowest BCUT2D eigenvalue weighted by molar-refractivity contribution is 0.921. The normalized spacial score (nSPS) is 18.7. The van der Waals surface area contributed by atoms with Crippen molar-refractivity contribution in [2.45, 2.75) is 26.7 Å². The van der Waals surface area contributed by atoms with Gasteiger partial charge in [-0.1, -0.05) is 62.8 Å². The van der Waals surface area contributed by atoms with Crippen LogP contribution in [0.4, 0.5) is 0 Å².